The number of benzene rings is 1. The van der Waals surface area contributed by atoms with E-state index in [1.807, 2.05) is 24.4 Å². The molecule has 0 bridgehead atoms. The molecule has 0 saturated heterocycles. The van der Waals surface area contributed by atoms with Crippen molar-refractivity contribution in [1.82, 2.24) is 9.97 Å². The Balaban J connectivity index is 1.88. The van der Waals surface area contributed by atoms with Gasteiger partial charge in [0.25, 0.3) is 0 Å². The fourth-order valence-electron chi connectivity index (χ4n) is 2.02. The van der Waals surface area contributed by atoms with Gasteiger partial charge in [-0.15, -0.1) is 0 Å². The third-order valence-electron chi connectivity index (χ3n) is 3.01. The van der Waals surface area contributed by atoms with Crippen LogP contribution in [0.2, 0.25) is 5.15 Å². The highest BCUT2D eigenvalue weighted by Crippen LogP contribution is 2.25. The molecule has 0 fully saturated rings. The molecule has 20 heavy (non-hydrogen) atoms. The van der Waals surface area contributed by atoms with Crippen LogP contribution in [0.4, 0.5) is 5.69 Å². The highest BCUT2D eigenvalue weighted by molar-refractivity contribution is 9.10. The summed E-state index contributed by atoms with van der Waals surface area (Å²) in [5, 5.41) is 4.93. The molecule has 100 valence electrons. The van der Waals surface area contributed by atoms with Crippen molar-refractivity contribution in [3.05, 3.63) is 64.0 Å². The summed E-state index contributed by atoms with van der Waals surface area (Å²) in [4.78, 5) is 8.51. The summed E-state index contributed by atoms with van der Waals surface area (Å²) in [5.74, 6) is 0. The normalized spacial score (nSPS) is 10.7. The molecule has 0 unspecified atom stereocenters. The molecule has 3 aromatic rings. The third-order valence-corrected chi connectivity index (χ3v) is 3.93. The van der Waals surface area contributed by atoms with Crippen molar-refractivity contribution >= 4 is 44.1 Å². The zero-order chi connectivity index (χ0) is 13.9. The number of rotatable bonds is 3. The molecule has 1 N–H and O–H groups in total. The molecule has 1 aromatic carbocycles. The van der Waals surface area contributed by atoms with Crippen LogP contribution >= 0.6 is 27.5 Å². The highest BCUT2D eigenvalue weighted by atomic mass is 79.9. The second-order valence-corrected chi connectivity index (χ2v) is 5.57. The SMILES string of the molecule is Clc1ccc(NCc2ccc(Br)c3cccnc23)cn1. The van der Waals surface area contributed by atoms with Gasteiger partial charge in [-0.25, -0.2) is 4.98 Å². The van der Waals surface area contributed by atoms with Crippen molar-refractivity contribution in [1.29, 1.82) is 0 Å². The van der Waals surface area contributed by atoms with Gasteiger partial charge in [0.05, 0.1) is 17.4 Å². The summed E-state index contributed by atoms with van der Waals surface area (Å²) in [7, 11) is 0. The Morgan fingerprint density at radius 2 is 2.00 bits per heavy atom. The molecule has 0 amide bonds. The number of nitrogens with one attached hydrogen (secondary N) is 1. The van der Waals surface area contributed by atoms with Crippen molar-refractivity contribution < 1.29 is 0 Å². The standard InChI is InChI=1S/C15H11BrClN3/c16-13-5-3-10(15-12(13)2-1-7-18-15)8-19-11-4-6-14(17)20-9-11/h1-7,9,19H,8H2. The molecule has 0 aliphatic carbocycles. The fraction of sp³-hybridized carbons (Fsp3) is 0.0667. The van der Waals surface area contributed by atoms with Crippen LogP contribution < -0.4 is 5.32 Å². The molecule has 3 nitrogen and oxygen atoms in total. The fourth-order valence-corrected chi connectivity index (χ4v) is 2.58. The first kappa shape index (κ1) is 13.3. The lowest BCUT2D eigenvalue weighted by atomic mass is 10.1. The van der Waals surface area contributed by atoms with Crippen molar-refractivity contribution in [3.8, 4) is 0 Å². The van der Waals surface area contributed by atoms with E-state index in [1.165, 1.54) is 0 Å². The summed E-state index contributed by atoms with van der Waals surface area (Å²) in [6.45, 7) is 0.685. The molecule has 0 radical (unpaired) electrons. The topological polar surface area (TPSA) is 37.8 Å². The van der Waals surface area contributed by atoms with Gasteiger partial charge in [-0.05, 0) is 29.8 Å². The first-order chi connectivity index (χ1) is 9.74. The number of aromatic nitrogens is 2. The van der Waals surface area contributed by atoms with Gasteiger partial charge in [0.2, 0.25) is 0 Å². The molecule has 0 aliphatic rings. The summed E-state index contributed by atoms with van der Waals surface area (Å²) < 4.78 is 1.05. The zero-order valence-electron chi connectivity index (χ0n) is 10.5. The van der Waals surface area contributed by atoms with Crippen LogP contribution in [-0.4, -0.2) is 9.97 Å². The molecule has 0 aliphatic heterocycles. The second-order valence-electron chi connectivity index (χ2n) is 4.33. The molecule has 0 spiro atoms. The maximum Gasteiger partial charge on any atom is 0.129 e. The number of halogens is 2. The minimum absolute atomic E-state index is 0.492. The van der Waals surface area contributed by atoms with Crippen molar-refractivity contribution in [2.75, 3.05) is 5.32 Å². The minimum Gasteiger partial charge on any atom is -0.380 e. The Morgan fingerprint density at radius 3 is 2.80 bits per heavy atom. The average Bonchev–Trinajstić information content (AvgIpc) is 2.49. The van der Waals surface area contributed by atoms with Crippen LogP contribution in [0.15, 0.2) is 53.3 Å². The van der Waals surface area contributed by atoms with Crippen LogP contribution in [-0.2, 0) is 6.54 Å². The summed E-state index contributed by atoms with van der Waals surface area (Å²) in [6.07, 6.45) is 3.53. The first-order valence-electron chi connectivity index (χ1n) is 6.11. The predicted octanol–water partition coefficient (Wildman–Crippen LogP) is 4.66. The van der Waals surface area contributed by atoms with Crippen LogP contribution in [0.1, 0.15) is 5.56 Å². The zero-order valence-corrected chi connectivity index (χ0v) is 12.8. The van der Waals surface area contributed by atoms with E-state index < -0.39 is 0 Å². The first-order valence-corrected chi connectivity index (χ1v) is 7.29. The number of anilines is 1. The van der Waals surface area contributed by atoms with Gasteiger partial charge in [-0.3, -0.25) is 4.98 Å². The van der Waals surface area contributed by atoms with Gasteiger partial charge < -0.3 is 5.32 Å². The van der Waals surface area contributed by atoms with Gasteiger partial charge in [0.1, 0.15) is 5.15 Å². The lowest BCUT2D eigenvalue weighted by Gasteiger charge is -2.09. The van der Waals surface area contributed by atoms with E-state index in [0.717, 1.165) is 26.6 Å². The molecular weight excluding hydrogens is 338 g/mol. The lowest BCUT2D eigenvalue weighted by Crippen LogP contribution is -2.01. The van der Waals surface area contributed by atoms with E-state index in [9.17, 15) is 0 Å². The van der Waals surface area contributed by atoms with Crippen LogP contribution in [0.3, 0.4) is 0 Å². The maximum atomic E-state index is 5.77. The minimum atomic E-state index is 0.492. The highest BCUT2D eigenvalue weighted by Gasteiger charge is 2.05. The Hall–Kier alpha value is -1.65. The number of hydrogen-bond donors (Lipinski definition) is 1. The van der Waals surface area contributed by atoms with Crippen molar-refractivity contribution in [3.63, 3.8) is 0 Å². The average molecular weight is 349 g/mol. The summed E-state index contributed by atoms with van der Waals surface area (Å²) in [6, 6.07) is 11.8. The third kappa shape index (κ3) is 2.76. The molecular formula is C15H11BrClN3. The van der Waals surface area contributed by atoms with Gasteiger partial charge in [-0.2, -0.15) is 0 Å². The van der Waals surface area contributed by atoms with Crippen molar-refractivity contribution in [2.45, 2.75) is 6.54 Å². The number of pyridine rings is 2. The van der Waals surface area contributed by atoms with E-state index in [-0.39, 0.29) is 0 Å². The van der Waals surface area contributed by atoms with E-state index in [4.69, 9.17) is 11.6 Å². The number of hydrogen-bond acceptors (Lipinski definition) is 3. The number of nitrogens with zero attached hydrogens (tertiary/aromatic N) is 2. The number of fused-ring (bicyclic) bond motifs is 1. The Kier molecular flexibility index (Phi) is 3.85. The quantitative estimate of drug-likeness (QED) is 0.700. The summed E-state index contributed by atoms with van der Waals surface area (Å²) in [5.41, 5.74) is 3.07. The van der Waals surface area contributed by atoms with E-state index in [2.05, 4.69) is 43.3 Å². The molecule has 0 atom stereocenters. The smallest absolute Gasteiger partial charge is 0.129 e. The molecule has 2 aromatic heterocycles. The maximum absolute atomic E-state index is 5.77. The van der Waals surface area contributed by atoms with Gasteiger partial charge in [0.15, 0.2) is 0 Å². The summed E-state index contributed by atoms with van der Waals surface area (Å²) >= 11 is 9.32. The molecule has 3 rings (SSSR count). The molecule has 2 heterocycles. The predicted molar refractivity (Wildman–Crippen MR) is 86.0 cm³/mol. The van der Waals surface area contributed by atoms with Crippen LogP contribution in [0.5, 0.6) is 0 Å². The lowest BCUT2D eigenvalue weighted by molar-refractivity contribution is 1.14. The van der Waals surface area contributed by atoms with Crippen LogP contribution in [0.25, 0.3) is 10.9 Å². The Morgan fingerprint density at radius 1 is 1.10 bits per heavy atom. The Bertz CT molecular complexity index is 744. The second kappa shape index (κ2) is 5.77. The molecule has 0 saturated carbocycles. The van der Waals surface area contributed by atoms with Gasteiger partial charge in [0, 0.05) is 22.6 Å². The van der Waals surface area contributed by atoms with Gasteiger partial charge in [-0.1, -0.05) is 39.7 Å². The van der Waals surface area contributed by atoms with E-state index >= 15 is 0 Å². The monoisotopic (exact) mass is 347 g/mol. The Labute approximate surface area is 130 Å². The van der Waals surface area contributed by atoms with Gasteiger partial charge >= 0.3 is 0 Å². The van der Waals surface area contributed by atoms with E-state index in [0.29, 0.717) is 11.7 Å². The van der Waals surface area contributed by atoms with E-state index in [1.54, 1.807) is 12.3 Å². The van der Waals surface area contributed by atoms with Crippen LogP contribution in [0, 0.1) is 0 Å². The molecule has 5 heteroatoms. The van der Waals surface area contributed by atoms with Crippen molar-refractivity contribution in [2.24, 2.45) is 0 Å². The largest absolute Gasteiger partial charge is 0.380 e.